The van der Waals surface area contributed by atoms with E-state index in [1.54, 1.807) is 0 Å². The summed E-state index contributed by atoms with van der Waals surface area (Å²) in [5, 5.41) is 1.77. The van der Waals surface area contributed by atoms with Gasteiger partial charge in [0.25, 0.3) is 10.1 Å². The summed E-state index contributed by atoms with van der Waals surface area (Å²) in [7, 11) is -4.16. The maximum atomic E-state index is 11.5. The van der Waals surface area contributed by atoms with Crippen LogP contribution in [-0.2, 0) is 35.4 Å². The highest BCUT2D eigenvalue weighted by molar-refractivity contribution is 7.85. The number of hydrogen-bond acceptors (Lipinski definition) is 3. The lowest BCUT2D eigenvalue weighted by molar-refractivity contribution is 0.481. The maximum absolute atomic E-state index is 11.5. The number of benzene rings is 1. The van der Waals surface area contributed by atoms with Crippen LogP contribution in [0.3, 0.4) is 0 Å². The predicted octanol–water partition coefficient (Wildman–Crippen LogP) is 3.43. The molecule has 0 unspecified atom stereocenters. The van der Waals surface area contributed by atoms with Gasteiger partial charge in [-0.15, -0.1) is 0 Å². The lowest BCUT2D eigenvalue weighted by Crippen LogP contribution is -2.15. The molecule has 0 saturated heterocycles. The molecule has 132 valence electrons. The van der Waals surface area contributed by atoms with Gasteiger partial charge in [-0.1, -0.05) is 11.6 Å². The molecule has 0 radical (unpaired) electrons. The predicted molar refractivity (Wildman–Crippen MR) is 97.5 cm³/mol. The average Bonchev–Trinajstić information content (AvgIpc) is 3.00. The first kappa shape index (κ1) is 16.6. The molecule has 0 aliphatic carbocycles. The summed E-state index contributed by atoms with van der Waals surface area (Å²) in [4.78, 5) is 4.42. The second kappa shape index (κ2) is 5.59. The minimum absolute atomic E-state index is 0.393. The Labute approximate surface area is 150 Å². The van der Waals surface area contributed by atoms with E-state index in [4.69, 9.17) is 11.6 Å². The van der Waals surface area contributed by atoms with E-state index in [-0.39, 0.29) is 0 Å². The van der Waals surface area contributed by atoms with Gasteiger partial charge in [0.2, 0.25) is 0 Å². The number of imidazole rings is 1. The number of aryl methyl sites for hydroxylation is 3. The van der Waals surface area contributed by atoms with Crippen LogP contribution in [0, 0.1) is 6.92 Å². The Morgan fingerprint density at radius 3 is 2.76 bits per heavy atom. The number of fused-ring (bicyclic) bond motifs is 5. The van der Waals surface area contributed by atoms with E-state index in [0.29, 0.717) is 10.7 Å². The standard InChI is InChI=1S/C17H18ClN3O3S/c1-3-20-15-5-4-11(18)8-13(15)12-6-7-21-10(2)19-14(9-25(22,23)24)17(21)16(12)20/h4-5,8H,3,6-7,9H2,1-2H3,(H,22,23,24). The molecule has 1 aliphatic rings. The van der Waals surface area contributed by atoms with Gasteiger partial charge in [0.05, 0.1) is 17.1 Å². The van der Waals surface area contributed by atoms with Crippen LogP contribution in [0.15, 0.2) is 18.2 Å². The van der Waals surface area contributed by atoms with E-state index in [2.05, 4.69) is 16.5 Å². The minimum atomic E-state index is -4.16. The Hall–Kier alpha value is -1.83. The molecule has 0 amide bonds. The Kier molecular flexibility index (Phi) is 3.72. The van der Waals surface area contributed by atoms with Crippen LogP contribution in [-0.4, -0.2) is 27.1 Å². The first-order valence-electron chi connectivity index (χ1n) is 8.12. The van der Waals surface area contributed by atoms with E-state index in [1.807, 2.05) is 29.7 Å². The van der Waals surface area contributed by atoms with Crippen molar-refractivity contribution in [1.82, 2.24) is 14.1 Å². The first-order chi connectivity index (χ1) is 11.8. The monoisotopic (exact) mass is 379 g/mol. The van der Waals surface area contributed by atoms with Gasteiger partial charge in [-0.3, -0.25) is 4.55 Å². The van der Waals surface area contributed by atoms with Crippen LogP contribution in [0.1, 0.15) is 24.0 Å². The third-order valence-electron chi connectivity index (χ3n) is 4.81. The fourth-order valence-electron chi connectivity index (χ4n) is 3.91. The molecule has 3 aromatic rings. The number of nitrogens with zero attached hydrogens (tertiary/aromatic N) is 3. The highest BCUT2D eigenvalue weighted by Gasteiger charge is 2.30. The van der Waals surface area contributed by atoms with Gasteiger partial charge >= 0.3 is 0 Å². The summed E-state index contributed by atoms with van der Waals surface area (Å²) in [6.45, 7) is 5.38. The second-order valence-electron chi connectivity index (χ2n) is 6.32. The smallest absolute Gasteiger partial charge is 0.270 e. The third kappa shape index (κ3) is 2.58. The molecule has 2 aromatic heterocycles. The Balaban J connectivity index is 2.08. The quantitative estimate of drug-likeness (QED) is 0.707. The number of aromatic nitrogens is 3. The van der Waals surface area contributed by atoms with Gasteiger partial charge in [0.1, 0.15) is 11.6 Å². The van der Waals surface area contributed by atoms with Crippen molar-refractivity contribution in [2.24, 2.45) is 0 Å². The van der Waals surface area contributed by atoms with Gasteiger partial charge in [-0.25, -0.2) is 4.98 Å². The van der Waals surface area contributed by atoms with Crippen LogP contribution < -0.4 is 0 Å². The molecule has 1 aromatic carbocycles. The van der Waals surface area contributed by atoms with Crippen molar-refractivity contribution in [1.29, 1.82) is 0 Å². The fraction of sp³-hybridized carbons (Fsp3) is 0.353. The normalized spacial score (nSPS) is 13.9. The van der Waals surface area contributed by atoms with Crippen molar-refractivity contribution >= 4 is 32.6 Å². The van der Waals surface area contributed by atoms with E-state index in [0.717, 1.165) is 53.2 Å². The van der Waals surface area contributed by atoms with Crippen molar-refractivity contribution in [3.05, 3.63) is 40.3 Å². The lowest BCUT2D eigenvalue weighted by atomic mass is 10.0. The van der Waals surface area contributed by atoms with Crippen molar-refractivity contribution in [3.63, 3.8) is 0 Å². The van der Waals surface area contributed by atoms with Crippen LogP contribution >= 0.6 is 11.6 Å². The van der Waals surface area contributed by atoms with Crippen LogP contribution in [0.5, 0.6) is 0 Å². The molecule has 3 heterocycles. The van der Waals surface area contributed by atoms with Gasteiger partial charge in [-0.2, -0.15) is 8.42 Å². The summed E-state index contributed by atoms with van der Waals surface area (Å²) < 4.78 is 36.5. The molecule has 0 saturated carbocycles. The summed E-state index contributed by atoms with van der Waals surface area (Å²) in [6, 6.07) is 5.82. The summed E-state index contributed by atoms with van der Waals surface area (Å²) >= 11 is 6.20. The first-order valence-corrected chi connectivity index (χ1v) is 10.1. The van der Waals surface area contributed by atoms with Crippen molar-refractivity contribution in [2.45, 2.75) is 39.1 Å². The highest BCUT2D eigenvalue weighted by Crippen LogP contribution is 2.40. The molecular weight excluding hydrogens is 362 g/mol. The van der Waals surface area contributed by atoms with E-state index >= 15 is 0 Å². The number of rotatable bonds is 3. The topological polar surface area (TPSA) is 77.1 Å². The van der Waals surface area contributed by atoms with E-state index in [1.165, 1.54) is 0 Å². The largest absolute Gasteiger partial charge is 0.339 e. The van der Waals surface area contributed by atoms with Crippen molar-refractivity contribution in [2.75, 3.05) is 0 Å². The zero-order chi connectivity index (χ0) is 17.9. The number of hydrogen-bond donors (Lipinski definition) is 1. The SMILES string of the molecule is CCn1c2c(c3cc(Cl)ccc31)CCn1c(C)nc(CS(=O)(=O)O)c1-2. The Bertz CT molecular complexity index is 1110. The molecule has 6 nitrogen and oxygen atoms in total. The molecule has 25 heavy (non-hydrogen) atoms. The molecule has 0 atom stereocenters. The van der Waals surface area contributed by atoms with Gasteiger partial charge < -0.3 is 9.13 Å². The van der Waals surface area contributed by atoms with Crippen molar-refractivity contribution < 1.29 is 13.0 Å². The molecular formula is C17H18ClN3O3S. The molecule has 0 spiro atoms. The Morgan fingerprint density at radius 1 is 1.32 bits per heavy atom. The van der Waals surface area contributed by atoms with E-state index < -0.39 is 15.9 Å². The average molecular weight is 380 g/mol. The zero-order valence-corrected chi connectivity index (χ0v) is 15.5. The lowest BCUT2D eigenvalue weighted by Gasteiger charge is -2.20. The molecule has 4 rings (SSSR count). The Morgan fingerprint density at radius 2 is 2.08 bits per heavy atom. The minimum Gasteiger partial charge on any atom is -0.339 e. The zero-order valence-electron chi connectivity index (χ0n) is 14.0. The second-order valence-corrected chi connectivity index (χ2v) is 8.20. The molecule has 1 N–H and O–H groups in total. The molecule has 0 fully saturated rings. The van der Waals surface area contributed by atoms with Crippen molar-refractivity contribution in [3.8, 4) is 11.4 Å². The van der Waals surface area contributed by atoms with E-state index in [9.17, 15) is 13.0 Å². The molecule has 0 bridgehead atoms. The van der Waals surface area contributed by atoms with Gasteiger partial charge in [0, 0.05) is 29.0 Å². The van der Waals surface area contributed by atoms with Crippen LogP contribution in [0.2, 0.25) is 5.02 Å². The van der Waals surface area contributed by atoms with Crippen LogP contribution in [0.25, 0.3) is 22.3 Å². The number of halogens is 1. The highest BCUT2D eigenvalue weighted by atomic mass is 35.5. The summed E-state index contributed by atoms with van der Waals surface area (Å²) in [5.74, 6) is 0.270. The molecule has 1 aliphatic heterocycles. The third-order valence-corrected chi connectivity index (χ3v) is 5.68. The maximum Gasteiger partial charge on any atom is 0.270 e. The van der Waals surface area contributed by atoms with Crippen LogP contribution in [0.4, 0.5) is 0 Å². The molecule has 8 heteroatoms. The summed E-state index contributed by atoms with van der Waals surface area (Å²) in [5.41, 5.74) is 4.38. The fourth-order valence-corrected chi connectivity index (χ4v) is 4.63. The van der Waals surface area contributed by atoms with Gasteiger partial charge in [0.15, 0.2) is 0 Å². The van der Waals surface area contributed by atoms with Gasteiger partial charge in [-0.05, 0) is 44.0 Å². The summed E-state index contributed by atoms with van der Waals surface area (Å²) in [6.07, 6.45) is 0.828.